The number of para-hydroxylation sites is 1. The van der Waals surface area contributed by atoms with Gasteiger partial charge in [0.15, 0.2) is 0 Å². The van der Waals surface area contributed by atoms with E-state index in [9.17, 15) is 14.4 Å². The van der Waals surface area contributed by atoms with Crippen molar-refractivity contribution in [1.29, 1.82) is 0 Å². The van der Waals surface area contributed by atoms with Crippen LogP contribution in [0.2, 0.25) is 0 Å². The van der Waals surface area contributed by atoms with Crippen molar-refractivity contribution in [2.75, 3.05) is 19.1 Å². The number of anilines is 1. The van der Waals surface area contributed by atoms with Crippen molar-refractivity contribution in [1.82, 2.24) is 10.3 Å². The van der Waals surface area contributed by atoms with Crippen molar-refractivity contribution < 1.29 is 19.1 Å². The van der Waals surface area contributed by atoms with E-state index < -0.39 is 5.97 Å². The summed E-state index contributed by atoms with van der Waals surface area (Å²) < 4.78 is 5.14. The summed E-state index contributed by atoms with van der Waals surface area (Å²) in [6.45, 7) is 0.363. The fraction of sp³-hybridized carbons (Fsp3) is 0.182. The van der Waals surface area contributed by atoms with Crippen molar-refractivity contribution in [2.45, 2.75) is 12.8 Å². The summed E-state index contributed by atoms with van der Waals surface area (Å²) in [5.74, 6) is -0.772. The quantitative estimate of drug-likeness (QED) is 0.272. The second kappa shape index (κ2) is 10.7. The number of carbonyl (C=O) groups is 3. The molecule has 2 amide bonds. The van der Waals surface area contributed by atoms with Gasteiger partial charge in [0.05, 0.1) is 23.3 Å². The first-order chi connectivity index (χ1) is 15.0. The Morgan fingerprint density at radius 3 is 2.52 bits per heavy atom. The Balaban J connectivity index is 1.50. The molecule has 0 atom stereocenters. The molecule has 2 aromatic carbocycles. The standard InChI is InChI=1S/C22H21N3O4S2/c1-29-21(28)16-11-9-15(10-12-16)14-18-20(27)25(22(30)31-18)13-5-8-19(26)24-23-17-6-3-2-4-7-17/h2-4,6-7,9-12,14,23H,5,8,13H2,1H3,(H,24,26). The van der Waals surface area contributed by atoms with E-state index in [1.165, 1.54) is 23.8 Å². The number of rotatable bonds is 8. The first-order valence-corrected chi connectivity index (χ1v) is 10.7. The molecule has 9 heteroatoms. The number of nitrogens with one attached hydrogen (secondary N) is 2. The Kier molecular flexibility index (Phi) is 7.80. The summed E-state index contributed by atoms with van der Waals surface area (Å²) in [5.41, 5.74) is 7.48. The molecular formula is C22H21N3O4S2. The van der Waals surface area contributed by atoms with Crippen LogP contribution in [0.4, 0.5) is 5.69 Å². The molecule has 2 N–H and O–H groups in total. The maximum Gasteiger partial charge on any atom is 0.337 e. The van der Waals surface area contributed by atoms with E-state index in [0.717, 1.165) is 11.3 Å². The number of benzene rings is 2. The SMILES string of the molecule is COC(=O)c1ccc(C=C2SC(=S)N(CCCC(=O)NNc3ccccc3)C2=O)cc1. The van der Waals surface area contributed by atoms with Crippen LogP contribution in [0.25, 0.3) is 6.08 Å². The zero-order valence-corrected chi connectivity index (χ0v) is 18.4. The molecule has 0 spiro atoms. The Labute approximate surface area is 189 Å². The zero-order chi connectivity index (χ0) is 22.2. The van der Waals surface area contributed by atoms with E-state index in [1.807, 2.05) is 30.3 Å². The number of esters is 1. The Bertz CT molecular complexity index is 1010. The summed E-state index contributed by atoms with van der Waals surface area (Å²) in [6.07, 6.45) is 2.47. The van der Waals surface area contributed by atoms with Crippen molar-refractivity contribution >= 4 is 57.8 Å². The minimum absolute atomic E-state index is 0.171. The van der Waals surface area contributed by atoms with Gasteiger partial charge in [-0.05, 0) is 42.3 Å². The van der Waals surface area contributed by atoms with E-state index in [2.05, 4.69) is 15.6 Å². The highest BCUT2D eigenvalue weighted by Crippen LogP contribution is 2.32. The second-order valence-corrected chi connectivity index (χ2v) is 8.27. The monoisotopic (exact) mass is 455 g/mol. The summed E-state index contributed by atoms with van der Waals surface area (Å²) in [6, 6.07) is 16.1. The normalized spacial score (nSPS) is 14.6. The van der Waals surface area contributed by atoms with Gasteiger partial charge in [-0.15, -0.1) is 0 Å². The number of amides is 2. The molecule has 1 saturated heterocycles. The molecule has 0 radical (unpaired) electrons. The largest absolute Gasteiger partial charge is 0.465 e. The van der Waals surface area contributed by atoms with Crippen LogP contribution in [-0.4, -0.2) is 40.7 Å². The fourth-order valence-corrected chi connectivity index (χ4v) is 4.11. The summed E-state index contributed by atoms with van der Waals surface area (Å²) in [5, 5.41) is 0. The topological polar surface area (TPSA) is 87.7 Å². The minimum Gasteiger partial charge on any atom is -0.465 e. The number of carbonyl (C=O) groups excluding carboxylic acids is 3. The highest BCUT2D eigenvalue weighted by atomic mass is 32.2. The van der Waals surface area contributed by atoms with Crippen LogP contribution in [0.3, 0.4) is 0 Å². The van der Waals surface area contributed by atoms with E-state index >= 15 is 0 Å². The van der Waals surface area contributed by atoms with E-state index in [4.69, 9.17) is 12.2 Å². The number of ether oxygens (including phenoxy) is 1. The molecule has 1 heterocycles. The van der Waals surface area contributed by atoms with Crippen LogP contribution >= 0.6 is 24.0 Å². The minimum atomic E-state index is -0.416. The lowest BCUT2D eigenvalue weighted by Gasteiger charge is -2.14. The predicted molar refractivity (Wildman–Crippen MR) is 125 cm³/mol. The Hall–Kier alpha value is -3.17. The van der Waals surface area contributed by atoms with Crippen LogP contribution in [0, 0.1) is 0 Å². The molecule has 7 nitrogen and oxygen atoms in total. The van der Waals surface area contributed by atoms with Gasteiger partial charge in [-0.3, -0.25) is 25.3 Å². The lowest BCUT2D eigenvalue weighted by molar-refractivity contribution is -0.123. The number of hydrogen-bond acceptors (Lipinski definition) is 7. The van der Waals surface area contributed by atoms with Crippen LogP contribution in [0.15, 0.2) is 59.5 Å². The number of nitrogens with zero attached hydrogens (tertiary/aromatic N) is 1. The van der Waals surface area contributed by atoms with Gasteiger partial charge >= 0.3 is 5.97 Å². The first kappa shape index (κ1) is 22.5. The fourth-order valence-electron chi connectivity index (χ4n) is 2.80. The lowest BCUT2D eigenvalue weighted by Crippen LogP contribution is -2.32. The van der Waals surface area contributed by atoms with Gasteiger partial charge in [0.2, 0.25) is 5.91 Å². The van der Waals surface area contributed by atoms with Crippen LogP contribution in [-0.2, 0) is 14.3 Å². The Morgan fingerprint density at radius 2 is 1.84 bits per heavy atom. The molecule has 0 saturated carbocycles. The molecule has 1 fully saturated rings. The lowest BCUT2D eigenvalue weighted by atomic mass is 10.1. The molecule has 1 aliphatic heterocycles. The molecule has 2 aromatic rings. The molecule has 31 heavy (non-hydrogen) atoms. The second-order valence-electron chi connectivity index (χ2n) is 6.59. The van der Waals surface area contributed by atoms with Crippen molar-refractivity contribution in [2.24, 2.45) is 0 Å². The Morgan fingerprint density at radius 1 is 1.13 bits per heavy atom. The number of hydrogen-bond donors (Lipinski definition) is 2. The van der Waals surface area contributed by atoms with E-state index in [0.29, 0.717) is 27.8 Å². The third-order valence-corrected chi connectivity index (χ3v) is 5.79. The van der Waals surface area contributed by atoms with Gasteiger partial charge in [-0.25, -0.2) is 4.79 Å². The highest BCUT2D eigenvalue weighted by Gasteiger charge is 2.31. The zero-order valence-electron chi connectivity index (χ0n) is 16.8. The number of thiocarbonyl (C=S) groups is 1. The van der Waals surface area contributed by atoms with Gasteiger partial charge in [0.1, 0.15) is 4.32 Å². The van der Waals surface area contributed by atoms with E-state index in [1.54, 1.807) is 30.3 Å². The molecule has 0 bridgehead atoms. The molecule has 0 aliphatic carbocycles. The van der Waals surface area contributed by atoms with Crippen LogP contribution < -0.4 is 10.9 Å². The molecular weight excluding hydrogens is 434 g/mol. The van der Waals surface area contributed by atoms with Crippen molar-refractivity contribution in [3.8, 4) is 0 Å². The first-order valence-electron chi connectivity index (χ1n) is 9.51. The van der Waals surface area contributed by atoms with Gasteiger partial charge in [-0.2, -0.15) is 0 Å². The average Bonchev–Trinajstić information content (AvgIpc) is 3.05. The summed E-state index contributed by atoms with van der Waals surface area (Å²) in [4.78, 5) is 38.2. The molecule has 3 rings (SSSR count). The van der Waals surface area contributed by atoms with Crippen LogP contribution in [0.1, 0.15) is 28.8 Å². The maximum absolute atomic E-state index is 12.7. The summed E-state index contributed by atoms with van der Waals surface area (Å²) in [7, 11) is 1.32. The number of methoxy groups -OCH3 is 1. The number of thioether (sulfide) groups is 1. The highest BCUT2D eigenvalue weighted by molar-refractivity contribution is 8.26. The smallest absolute Gasteiger partial charge is 0.337 e. The van der Waals surface area contributed by atoms with Crippen LogP contribution in [0.5, 0.6) is 0 Å². The molecule has 160 valence electrons. The van der Waals surface area contributed by atoms with Gasteiger partial charge in [0.25, 0.3) is 5.91 Å². The van der Waals surface area contributed by atoms with Gasteiger partial charge in [-0.1, -0.05) is 54.3 Å². The number of hydrazine groups is 1. The average molecular weight is 456 g/mol. The molecule has 1 aliphatic rings. The van der Waals surface area contributed by atoms with Crippen molar-refractivity contribution in [3.63, 3.8) is 0 Å². The van der Waals surface area contributed by atoms with E-state index in [-0.39, 0.29) is 18.2 Å². The summed E-state index contributed by atoms with van der Waals surface area (Å²) >= 11 is 6.55. The van der Waals surface area contributed by atoms with Gasteiger partial charge < -0.3 is 4.74 Å². The third-order valence-electron chi connectivity index (χ3n) is 4.41. The van der Waals surface area contributed by atoms with Crippen molar-refractivity contribution in [3.05, 3.63) is 70.6 Å². The molecule has 0 aromatic heterocycles. The maximum atomic E-state index is 12.7. The molecule has 0 unspecified atom stereocenters. The van der Waals surface area contributed by atoms with Gasteiger partial charge in [0, 0.05) is 13.0 Å². The predicted octanol–water partition coefficient (Wildman–Crippen LogP) is 3.60. The third kappa shape index (κ3) is 6.16.